The molecule has 1 fully saturated rings. The summed E-state index contributed by atoms with van der Waals surface area (Å²) in [7, 11) is 0. The SMILES string of the molecule is CC(C)(CC(N)=O)NC(=O)CCC1CCCNC1. The molecule has 0 radical (unpaired) electrons. The Morgan fingerprint density at radius 2 is 2.17 bits per heavy atom. The third-order valence-corrected chi connectivity index (χ3v) is 3.27. The molecule has 0 saturated carbocycles. The van der Waals surface area contributed by atoms with Gasteiger partial charge < -0.3 is 16.4 Å². The molecule has 1 atom stereocenters. The lowest BCUT2D eigenvalue weighted by atomic mass is 9.94. The van der Waals surface area contributed by atoms with Crippen LogP contribution in [0, 0.1) is 5.92 Å². The minimum Gasteiger partial charge on any atom is -0.370 e. The Bertz CT molecular complexity index is 297. The van der Waals surface area contributed by atoms with E-state index in [0.717, 1.165) is 19.5 Å². The number of nitrogens with two attached hydrogens (primary N) is 1. The molecule has 1 heterocycles. The highest BCUT2D eigenvalue weighted by atomic mass is 16.2. The summed E-state index contributed by atoms with van der Waals surface area (Å²) in [5.41, 5.74) is 4.60. The third kappa shape index (κ3) is 6.00. The van der Waals surface area contributed by atoms with Gasteiger partial charge in [0.2, 0.25) is 11.8 Å². The van der Waals surface area contributed by atoms with E-state index in [9.17, 15) is 9.59 Å². The molecule has 1 saturated heterocycles. The minimum absolute atomic E-state index is 0.00632. The zero-order valence-electron chi connectivity index (χ0n) is 11.4. The number of hydrogen-bond donors (Lipinski definition) is 3. The molecule has 1 aliphatic rings. The van der Waals surface area contributed by atoms with Gasteiger partial charge in [-0.25, -0.2) is 0 Å². The summed E-state index contributed by atoms with van der Waals surface area (Å²) < 4.78 is 0. The largest absolute Gasteiger partial charge is 0.370 e. The lowest BCUT2D eigenvalue weighted by Crippen LogP contribution is -2.46. The summed E-state index contributed by atoms with van der Waals surface area (Å²) in [6, 6.07) is 0. The minimum atomic E-state index is -0.548. The maximum atomic E-state index is 11.8. The molecule has 1 unspecified atom stereocenters. The molecule has 5 nitrogen and oxygen atoms in total. The van der Waals surface area contributed by atoms with Crippen LogP contribution in [0.5, 0.6) is 0 Å². The zero-order chi connectivity index (χ0) is 13.6. The van der Waals surface area contributed by atoms with Crippen LogP contribution in [-0.4, -0.2) is 30.4 Å². The summed E-state index contributed by atoms with van der Waals surface area (Å²) in [6.45, 7) is 5.74. The zero-order valence-corrected chi connectivity index (χ0v) is 11.4. The van der Waals surface area contributed by atoms with E-state index >= 15 is 0 Å². The number of amides is 2. The van der Waals surface area contributed by atoms with E-state index in [1.165, 1.54) is 12.8 Å². The van der Waals surface area contributed by atoms with Gasteiger partial charge in [0.25, 0.3) is 0 Å². The van der Waals surface area contributed by atoms with Crippen molar-refractivity contribution in [2.75, 3.05) is 13.1 Å². The second-order valence-electron chi connectivity index (χ2n) is 5.83. The second kappa shape index (κ2) is 6.73. The number of hydrogen-bond acceptors (Lipinski definition) is 3. The molecule has 0 bridgehead atoms. The van der Waals surface area contributed by atoms with Crippen molar-refractivity contribution in [3.63, 3.8) is 0 Å². The third-order valence-electron chi connectivity index (χ3n) is 3.27. The average molecular weight is 255 g/mol. The Kier molecular flexibility index (Phi) is 5.59. The van der Waals surface area contributed by atoms with Gasteiger partial charge in [-0.2, -0.15) is 0 Å². The van der Waals surface area contributed by atoms with E-state index in [0.29, 0.717) is 12.3 Å². The summed E-state index contributed by atoms with van der Waals surface area (Å²) >= 11 is 0. The highest BCUT2D eigenvalue weighted by Gasteiger charge is 2.23. The fourth-order valence-corrected chi connectivity index (χ4v) is 2.43. The highest BCUT2D eigenvalue weighted by Crippen LogP contribution is 2.16. The van der Waals surface area contributed by atoms with E-state index in [4.69, 9.17) is 5.73 Å². The molecule has 0 aromatic heterocycles. The fourth-order valence-electron chi connectivity index (χ4n) is 2.43. The van der Waals surface area contributed by atoms with E-state index in [-0.39, 0.29) is 12.3 Å². The van der Waals surface area contributed by atoms with Crippen molar-refractivity contribution in [3.8, 4) is 0 Å². The van der Waals surface area contributed by atoms with Crippen molar-refractivity contribution in [1.82, 2.24) is 10.6 Å². The van der Waals surface area contributed by atoms with Crippen molar-refractivity contribution in [3.05, 3.63) is 0 Å². The van der Waals surface area contributed by atoms with Gasteiger partial charge in [0, 0.05) is 18.4 Å². The molecular weight excluding hydrogens is 230 g/mol. The van der Waals surface area contributed by atoms with E-state index < -0.39 is 11.4 Å². The lowest BCUT2D eigenvalue weighted by molar-refractivity contribution is -0.124. The molecule has 5 heteroatoms. The van der Waals surface area contributed by atoms with Gasteiger partial charge in [-0.1, -0.05) is 0 Å². The molecule has 104 valence electrons. The number of nitrogens with one attached hydrogen (secondary N) is 2. The molecule has 2 amide bonds. The van der Waals surface area contributed by atoms with E-state index in [1.807, 2.05) is 13.8 Å². The number of carbonyl (C=O) groups is 2. The molecule has 18 heavy (non-hydrogen) atoms. The van der Waals surface area contributed by atoms with Gasteiger partial charge in [-0.3, -0.25) is 9.59 Å². The number of carbonyl (C=O) groups excluding carboxylic acids is 2. The maximum absolute atomic E-state index is 11.8. The molecule has 0 aliphatic carbocycles. The summed E-state index contributed by atoms with van der Waals surface area (Å²) in [4.78, 5) is 22.7. The Hall–Kier alpha value is -1.10. The highest BCUT2D eigenvalue weighted by molar-refractivity contribution is 5.79. The van der Waals surface area contributed by atoms with Gasteiger partial charge in [-0.15, -0.1) is 0 Å². The Labute approximate surface area is 109 Å². The Morgan fingerprint density at radius 3 is 2.72 bits per heavy atom. The number of rotatable bonds is 6. The molecule has 4 N–H and O–H groups in total. The maximum Gasteiger partial charge on any atom is 0.220 e. The predicted molar refractivity (Wildman–Crippen MR) is 70.9 cm³/mol. The van der Waals surface area contributed by atoms with Crippen LogP contribution in [0.25, 0.3) is 0 Å². The summed E-state index contributed by atoms with van der Waals surface area (Å²) in [5, 5.41) is 6.21. The second-order valence-corrected chi connectivity index (χ2v) is 5.83. The van der Waals surface area contributed by atoms with Crippen LogP contribution < -0.4 is 16.4 Å². The van der Waals surface area contributed by atoms with Crippen LogP contribution in [-0.2, 0) is 9.59 Å². The van der Waals surface area contributed by atoms with Gasteiger partial charge in [0.1, 0.15) is 0 Å². The molecular formula is C13H25N3O2. The van der Waals surface area contributed by atoms with Crippen LogP contribution >= 0.6 is 0 Å². The van der Waals surface area contributed by atoms with Crippen LogP contribution in [0.2, 0.25) is 0 Å². The molecule has 1 rings (SSSR count). The first-order valence-electron chi connectivity index (χ1n) is 6.69. The molecule has 0 spiro atoms. The van der Waals surface area contributed by atoms with Crippen molar-refractivity contribution in [2.45, 2.75) is 51.5 Å². The first-order chi connectivity index (χ1) is 8.39. The quantitative estimate of drug-likeness (QED) is 0.647. The van der Waals surface area contributed by atoms with Crippen LogP contribution in [0.1, 0.15) is 46.0 Å². The average Bonchev–Trinajstić information content (AvgIpc) is 2.25. The number of primary amides is 1. The molecule has 0 aromatic carbocycles. The predicted octanol–water partition coefficient (Wildman–Crippen LogP) is 0.536. The van der Waals surface area contributed by atoms with E-state index in [2.05, 4.69) is 10.6 Å². The summed E-state index contributed by atoms with van der Waals surface area (Å²) in [6.07, 6.45) is 3.99. The van der Waals surface area contributed by atoms with Crippen molar-refractivity contribution in [2.24, 2.45) is 11.7 Å². The normalized spacial score (nSPS) is 20.4. The Morgan fingerprint density at radius 1 is 1.44 bits per heavy atom. The van der Waals surface area contributed by atoms with Crippen LogP contribution in [0.4, 0.5) is 0 Å². The Balaban J connectivity index is 2.25. The van der Waals surface area contributed by atoms with E-state index in [1.54, 1.807) is 0 Å². The topological polar surface area (TPSA) is 84.2 Å². The first-order valence-corrected chi connectivity index (χ1v) is 6.69. The monoisotopic (exact) mass is 255 g/mol. The smallest absolute Gasteiger partial charge is 0.220 e. The van der Waals surface area contributed by atoms with Crippen molar-refractivity contribution in [1.29, 1.82) is 0 Å². The summed E-state index contributed by atoms with van der Waals surface area (Å²) in [5.74, 6) is 0.215. The molecule has 1 aliphatic heterocycles. The van der Waals surface area contributed by atoms with Gasteiger partial charge in [0.05, 0.1) is 0 Å². The van der Waals surface area contributed by atoms with Gasteiger partial charge in [0.15, 0.2) is 0 Å². The van der Waals surface area contributed by atoms with Crippen molar-refractivity contribution < 1.29 is 9.59 Å². The van der Waals surface area contributed by atoms with Crippen LogP contribution in [0.15, 0.2) is 0 Å². The standard InChI is InChI=1S/C13H25N3O2/c1-13(2,8-11(14)17)16-12(18)6-5-10-4-3-7-15-9-10/h10,15H,3-9H2,1-2H3,(H2,14,17)(H,16,18). The van der Waals surface area contributed by atoms with Gasteiger partial charge in [-0.05, 0) is 52.1 Å². The van der Waals surface area contributed by atoms with Crippen molar-refractivity contribution >= 4 is 11.8 Å². The first kappa shape index (κ1) is 15.0. The fraction of sp³-hybridized carbons (Fsp3) is 0.846. The van der Waals surface area contributed by atoms with Gasteiger partial charge >= 0.3 is 0 Å². The lowest BCUT2D eigenvalue weighted by Gasteiger charge is -2.26. The van der Waals surface area contributed by atoms with Crippen LogP contribution in [0.3, 0.4) is 0 Å². The number of piperidine rings is 1. The molecule has 0 aromatic rings.